The fraction of sp³-hybridized carbons (Fsp3) is 0.500. The number of nitrogens with one attached hydrogen (secondary N) is 2. The molecule has 3 unspecified atom stereocenters. The molecule has 0 bridgehead atoms. The summed E-state index contributed by atoms with van der Waals surface area (Å²) < 4.78 is 0. The molecule has 0 aliphatic heterocycles. The van der Waals surface area contributed by atoms with Crippen molar-refractivity contribution >= 4 is 17.8 Å². The lowest BCUT2D eigenvalue weighted by Gasteiger charge is -2.22. The van der Waals surface area contributed by atoms with E-state index >= 15 is 0 Å². The summed E-state index contributed by atoms with van der Waals surface area (Å²) in [6, 6.07) is 3.18. The average Bonchev–Trinajstić information content (AvgIpc) is 2.61. The molecular weight excluding hydrogens is 352 g/mol. The molecule has 9 nitrogen and oxygen atoms in total. The number of aliphatic carboxylic acids is 1. The number of carbonyl (C=O) groups excluding carboxylic acids is 2. The Hall–Kier alpha value is -2.65. The summed E-state index contributed by atoms with van der Waals surface area (Å²) in [4.78, 5) is 35.9. The summed E-state index contributed by atoms with van der Waals surface area (Å²) in [7, 11) is 0. The topological polar surface area (TPSA) is 168 Å². The van der Waals surface area contributed by atoms with E-state index in [1.807, 2.05) is 0 Å². The fourth-order valence-electron chi connectivity index (χ4n) is 2.40. The standard InChI is InChI=1S/C18H28N4O5/c1-11(20)16(24)21-14(4-2-3-9-19)17(25)22-15(18(26)27)10-12-5-7-13(23)8-6-12/h5-8,11,14-15,23H,2-4,9-10,19-20H2,1H3,(H,21,24)(H,22,25)(H,26,27). The van der Waals surface area contributed by atoms with Crippen molar-refractivity contribution in [3.05, 3.63) is 29.8 Å². The first-order valence-corrected chi connectivity index (χ1v) is 8.81. The summed E-state index contributed by atoms with van der Waals surface area (Å²) in [6.45, 7) is 1.95. The Kier molecular flexibility index (Phi) is 9.24. The van der Waals surface area contributed by atoms with Crippen LogP contribution in [0.1, 0.15) is 31.7 Å². The molecule has 3 atom stereocenters. The van der Waals surface area contributed by atoms with Gasteiger partial charge in [0.1, 0.15) is 17.8 Å². The van der Waals surface area contributed by atoms with Crippen molar-refractivity contribution in [1.82, 2.24) is 10.6 Å². The Morgan fingerprint density at radius 2 is 1.63 bits per heavy atom. The maximum Gasteiger partial charge on any atom is 0.326 e. The number of nitrogens with two attached hydrogens (primary N) is 2. The highest BCUT2D eigenvalue weighted by Crippen LogP contribution is 2.12. The van der Waals surface area contributed by atoms with E-state index in [0.717, 1.165) is 0 Å². The van der Waals surface area contributed by atoms with Gasteiger partial charge in [-0.05, 0) is 50.4 Å². The first-order chi connectivity index (χ1) is 12.7. The SMILES string of the molecule is CC(N)C(=O)NC(CCCCN)C(=O)NC(Cc1ccc(O)cc1)C(=O)O. The minimum absolute atomic E-state index is 0.0398. The number of carbonyl (C=O) groups is 3. The van der Waals surface area contributed by atoms with Crippen LogP contribution in [0.4, 0.5) is 0 Å². The number of rotatable bonds is 11. The van der Waals surface area contributed by atoms with Gasteiger partial charge in [-0.15, -0.1) is 0 Å². The van der Waals surface area contributed by atoms with E-state index in [-0.39, 0.29) is 12.2 Å². The number of aromatic hydroxyl groups is 1. The molecule has 2 amide bonds. The molecule has 1 aromatic carbocycles. The van der Waals surface area contributed by atoms with Crippen LogP contribution >= 0.6 is 0 Å². The van der Waals surface area contributed by atoms with Gasteiger partial charge in [-0.2, -0.15) is 0 Å². The summed E-state index contributed by atoms with van der Waals surface area (Å²) in [5.74, 6) is -2.22. The zero-order valence-electron chi connectivity index (χ0n) is 15.4. The third-order valence-electron chi connectivity index (χ3n) is 3.98. The minimum Gasteiger partial charge on any atom is -0.508 e. The first-order valence-electron chi connectivity index (χ1n) is 8.81. The van der Waals surface area contributed by atoms with Crippen LogP contribution in [0.2, 0.25) is 0 Å². The quantitative estimate of drug-likeness (QED) is 0.280. The predicted molar refractivity (Wildman–Crippen MR) is 99.9 cm³/mol. The van der Waals surface area contributed by atoms with Gasteiger partial charge in [0.15, 0.2) is 0 Å². The molecule has 0 radical (unpaired) electrons. The first kappa shape index (κ1) is 22.4. The molecule has 1 aromatic rings. The third kappa shape index (κ3) is 8.06. The van der Waals surface area contributed by atoms with Crippen LogP contribution in [0.3, 0.4) is 0 Å². The number of unbranched alkanes of at least 4 members (excludes halogenated alkanes) is 1. The summed E-state index contributed by atoms with van der Waals surface area (Å²) in [6.07, 6.45) is 1.64. The van der Waals surface area contributed by atoms with Gasteiger partial charge < -0.3 is 32.3 Å². The molecule has 150 valence electrons. The lowest BCUT2D eigenvalue weighted by Crippen LogP contribution is -2.54. The molecule has 0 aromatic heterocycles. The van der Waals surface area contributed by atoms with Crippen LogP contribution in [0.15, 0.2) is 24.3 Å². The van der Waals surface area contributed by atoms with Gasteiger partial charge in [-0.25, -0.2) is 4.79 Å². The Morgan fingerprint density at radius 3 is 2.15 bits per heavy atom. The molecule has 9 heteroatoms. The predicted octanol–water partition coefficient (Wildman–Crippen LogP) is -0.535. The molecule has 0 aliphatic rings. The van der Waals surface area contributed by atoms with Crippen molar-refractivity contribution in [2.24, 2.45) is 11.5 Å². The number of carboxylic acid groups (broad SMARTS) is 1. The van der Waals surface area contributed by atoms with Gasteiger partial charge in [0.25, 0.3) is 0 Å². The minimum atomic E-state index is -1.20. The molecule has 0 heterocycles. The van der Waals surface area contributed by atoms with Gasteiger partial charge >= 0.3 is 5.97 Å². The smallest absolute Gasteiger partial charge is 0.326 e. The zero-order chi connectivity index (χ0) is 20.4. The van der Waals surface area contributed by atoms with Gasteiger partial charge in [0, 0.05) is 6.42 Å². The molecule has 27 heavy (non-hydrogen) atoms. The molecule has 0 aliphatic carbocycles. The van der Waals surface area contributed by atoms with Crippen molar-refractivity contribution in [2.75, 3.05) is 6.54 Å². The van der Waals surface area contributed by atoms with E-state index in [2.05, 4.69) is 10.6 Å². The number of hydrogen-bond donors (Lipinski definition) is 6. The second kappa shape index (κ2) is 11.1. The Morgan fingerprint density at radius 1 is 1.04 bits per heavy atom. The van der Waals surface area contributed by atoms with E-state index in [9.17, 15) is 24.6 Å². The number of hydrogen-bond acceptors (Lipinski definition) is 6. The van der Waals surface area contributed by atoms with Crippen molar-refractivity contribution in [3.8, 4) is 5.75 Å². The summed E-state index contributed by atoms with van der Waals surface area (Å²) in [5.41, 5.74) is 11.6. The third-order valence-corrected chi connectivity index (χ3v) is 3.98. The highest BCUT2D eigenvalue weighted by atomic mass is 16.4. The van der Waals surface area contributed by atoms with Gasteiger partial charge in [-0.3, -0.25) is 9.59 Å². The van der Waals surface area contributed by atoms with Crippen LogP contribution < -0.4 is 22.1 Å². The molecular formula is C18H28N4O5. The Labute approximate surface area is 158 Å². The number of carboxylic acids is 1. The second-order valence-electron chi connectivity index (χ2n) is 6.40. The summed E-state index contributed by atoms with van der Waals surface area (Å²) >= 11 is 0. The number of phenolic OH excluding ortho intramolecular Hbond substituents is 1. The van der Waals surface area contributed by atoms with E-state index < -0.39 is 35.9 Å². The van der Waals surface area contributed by atoms with Crippen LogP contribution in [-0.2, 0) is 20.8 Å². The van der Waals surface area contributed by atoms with E-state index in [1.165, 1.54) is 19.1 Å². The van der Waals surface area contributed by atoms with Gasteiger partial charge in [0.05, 0.1) is 6.04 Å². The van der Waals surface area contributed by atoms with Crippen LogP contribution in [0.5, 0.6) is 5.75 Å². The van der Waals surface area contributed by atoms with Crippen LogP contribution in [0, 0.1) is 0 Å². The highest BCUT2D eigenvalue weighted by Gasteiger charge is 2.27. The lowest BCUT2D eigenvalue weighted by atomic mass is 10.0. The zero-order valence-corrected chi connectivity index (χ0v) is 15.4. The monoisotopic (exact) mass is 380 g/mol. The van der Waals surface area contributed by atoms with Crippen LogP contribution in [-0.4, -0.2) is 52.7 Å². The van der Waals surface area contributed by atoms with Gasteiger partial charge in [-0.1, -0.05) is 12.1 Å². The van der Waals surface area contributed by atoms with E-state index in [4.69, 9.17) is 11.5 Å². The molecule has 8 N–H and O–H groups in total. The fourth-order valence-corrected chi connectivity index (χ4v) is 2.40. The normalized spacial score (nSPS) is 14.0. The molecule has 0 spiro atoms. The van der Waals surface area contributed by atoms with Crippen LogP contribution in [0.25, 0.3) is 0 Å². The van der Waals surface area contributed by atoms with Crippen molar-refractivity contribution in [3.63, 3.8) is 0 Å². The molecule has 0 saturated carbocycles. The Balaban J connectivity index is 2.81. The summed E-state index contributed by atoms with van der Waals surface area (Å²) in [5, 5.41) is 23.7. The van der Waals surface area contributed by atoms with E-state index in [0.29, 0.717) is 31.4 Å². The van der Waals surface area contributed by atoms with Crippen molar-refractivity contribution in [1.29, 1.82) is 0 Å². The second-order valence-corrected chi connectivity index (χ2v) is 6.40. The van der Waals surface area contributed by atoms with Crippen molar-refractivity contribution in [2.45, 2.75) is 50.7 Å². The van der Waals surface area contributed by atoms with Crippen molar-refractivity contribution < 1.29 is 24.6 Å². The lowest BCUT2D eigenvalue weighted by molar-refractivity contribution is -0.142. The van der Waals surface area contributed by atoms with E-state index in [1.54, 1.807) is 12.1 Å². The average molecular weight is 380 g/mol. The number of benzene rings is 1. The van der Waals surface area contributed by atoms with Gasteiger partial charge in [0.2, 0.25) is 11.8 Å². The molecule has 1 rings (SSSR count). The Bertz CT molecular complexity index is 633. The highest BCUT2D eigenvalue weighted by molar-refractivity contribution is 5.91. The molecule has 0 saturated heterocycles. The molecule has 0 fully saturated rings. The maximum absolute atomic E-state index is 12.6. The number of phenols is 1. The maximum atomic E-state index is 12.6. The largest absolute Gasteiger partial charge is 0.508 e. The number of amides is 2.